The molecule has 3 atom stereocenters. The summed E-state index contributed by atoms with van der Waals surface area (Å²) in [5, 5.41) is 3.58. The SMILES string of the molecule is CCN=C(NC1CC1C)N1CCC(COC)C1. The van der Waals surface area contributed by atoms with Gasteiger partial charge in [-0.15, -0.1) is 0 Å². The van der Waals surface area contributed by atoms with Crippen LogP contribution in [0.1, 0.15) is 26.7 Å². The smallest absolute Gasteiger partial charge is 0.194 e. The highest BCUT2D eigenvalue weighted by Gasteiger charge is 2.35. The van der Waals surface area contributed by atoms with Crippen LogP contribution < -0.4 is 5.32 Å². The fourth-order valence-electron chi connectivity index (χ4n) is 2.47. The Morgan fingerprint density at radius 2 is 2.29 bits per heavy atom. The summed E-state index contributed by atoms with van der Waals surface area (Å²) in [4.78, 5) is 6.99. The number of aliphatic imine (C=N–C) groups is 1. The van der Waals surface area contributed by atoms with E-state index in [1.165, 1.54) is 12.8 Å². The van der Waals surface area contributed by atoms with Crippen molar-refractivity contribution in [1.29, 1.82) is 0 Å². The molecule has 1 heterocycles. The largest absolute Gasteiger partial charge is 0.384 e. The van der Waals surface area contributed by atoms with Gasteiger partial charge in [-0.3, -0.25) is 4.99 Å². The number of hydrogen-bond acceptors (Lipinski definition) is 2. The zero-order valence-corrected chi connectivity index (χ0v) is 11.3. The molecular weight excluding hydrogens is 214 g/mol. The third-order valence-electron chi connectivity index (χ3n) is 3.72. The minimum atomic E-state index is 0.654. The first-order valence-electron chi connectivity index (χ1n) is 6.79. The minimum absolute atomic E-state index is 0.654. The molecule has 1 N–H and O–H groups in total. The number of nitrogens with one attached hydrogen (secondary N) is 1. The number of ether oxygens (including phenoxy) is 1. The van der Waals surface area contributed by atoms with Gasteiger partial charge in [0.1, 0.15) is 0 Å². The van der Waals surface area contributed by atoms with Gasteiger partial charge in [0, 0.05) is 38.7 Å². The Morgan fingerprint density at radius 3 is 2.88 bits per heavy atom. The molecule has 1 saturated carbocycles. The van der Waals surface area contributed by atoms with Gasteiger partial charge in [0.2, 0.25) is 0 Å². The molecule has 0 aromatic rings. The third kappa shape index (κ3) is 3.35. The van der Waals surface area contributed by atoms with Gasteiger partial charge >= 0.3 is 0 Å². The fraction of sp³-hybridized carbons (Fsp3) is 0.923. The molecule has 0 bridgehead atoms. The Hall–Kier alpha value is -0.770. The van der Waals surface area contributed by atoms with Crippen LogP contribution in [-0.4, -0.2) is 50.3 Å². The van der Waals surface area contributed by atoms with Crippen molar-refractivity contribution in [1.82, 2.24) is 10.2 Å². The molecule has 1 aliphatic heterocycles. The molecule has 0 radical (unpaired) electrons. The molecule has 0 spiro atoms. The van der Waals surface area contributed by atoms with E-state index in [2.05, 4.69) is 29.1 Å². The minimum Gasteiger partial charge on any atom is -0.384 e. The number of guanidine groups is 1. The Labute approximate surface area is 104 Å². The molecule has 2 aliphatic rings. The molecule has 2 rings (SSSR count). The van der Waals surface area contributed by atoms with E-state index in [0.717, 1.165) is 38.1 Å². The van der Waals surface area contributed by atoms with E-state index in [0.29, 0.717) is 12.0 Å². The molecule has 1 saturated heterocycles. The van der Waals surface area contributed by atoms with Crippen molar-refractivity contribution in [2.75, 3.05) is 33.4 Å². The summed E-state index contributed by atoms with van der Waals surface area (Å²) in [5.74, 6) is 2.59. The predicted molar refractivity (Wildman–Crippen MR) is 70.2 cm³/mol. The van der Waals surface area contributed by atoms with Crippen molar-refractivity contribution < 1.29 is 4.74 Å². The van der Waals surface area contributed by atoms with Crippen LogP contribution in [0.15, 0.2) is 4.99 Å². The van der Waals surface area contributed by atoms with E-state index in [4.69, 9.17) is 4.74 Å². The van der Waals surface area contributed by atoms with Crippen LogP contribution in [0.3, 0.4) is 0 Å². The average molecular weight is 239 g/mol. The third-order valence-corrected chi connectivity index (χ3v) is 3.72. The van der Waals surface area contributed by atoms with Gasteiger partial charge in [0.05, 0.1) is 6.61 Å². The Kier molecular flexibility index (Phi) is 4.26. The number of methoxy groups -OCH3 is 1. The van der Waals surface area contributed by atoms with Crippen LogP contribution in [0.4, 0.5) is 0 Å². The summed E-state index contributed by atoms with van der Waals surface area (Å²) in [7, 11) is 1.79. The van der Waals surface area contributed by atoms with Gasteiger partial charge < -0.3 is 15.0 Å². The fourth-order valence-corrected chi connectivity index (χ4v) is 2.47. The lowest BCUT2D eigenvalue weighted by molar-refractivity contribution is 0.157. The molecular formula is C13H25N3O. The monoisotopic (exact) mass is 239 g/mol. The second-order valence-corrected chi connectivity index (χ2v) is 5.32. The maximum absolute atomic E-state index is 5.24. The summed E-state index contributed by atoms with van der Waals surface area (Å²) in [6.07, 6.45) is 2.51. The quantitative estimate of drug-likeness (QED) is 0.594. The lowest BCUT2D eigenvalue weighted by Gasteiger charge is -2.22. The Bertz CT molecular complexity index is 280. The zero-order chi connectivity index (χ0) is 12.3. The highest BCUT2D eigenvalue weighted by atomic mass is 16.5. The average Bonchev–Trinajstić information content (AvgIpc) is 2.80. The lowest BCUT2D eigenvalue weighted by Crippen LogP contribution is -2.42. The van der Waals surface area contributed by atoms with Crippen LogP contribution in [0.5, 0.6) is 0 Å². The van der Waals surface area contributed by atoms with Crippen LogP contribution in [0, 0.1) is 11.8 Å². The maximum Gasteiger partial charge on any atom is 0.194 e. The molecule has 0 amide bonds. The van der Waals surface area contributed by atoms with Crippen molar-refractivity contribution in [3.8, 4) is 0 Å². The van der Waals surface area contributed by atoms with Crippen molar-refractivity contribution >= 4 is 5.96 Å². The van der Waals surface area contributed by atoms with E-state index in [1.54, 1.807) is 7.11 Å². The first kappa shape index (κ1) is 12.7. The van der Waals surface area contributed by atoms with Crippen LogP contribution in [0.25, 0.3) is 0 Å². The highest BCUT2D eigenvalue weighted by Crippen LogP contribution is 2.29. The van der Waals surface area contributed by atoms with Crippen molar-refractivity contribution in [3.05, 3.63) is 0 Å². The standard InChI is InChI=1S/C13H25N3O/c1-4-14-13(15-12-7-10(12)2)16-6-5-11(8-16)9-17-3/h10-12H,4-9H2,1-3H3,(H,14,15). The number of rotatable bonds is 4. The van der Waals surface area contributed by atoms with Gasteiger partial charge in [0.25, 0.3) is 0 Å². The first-order chi connectivity index (χ1) is 8.24. The molecule has 0 aromatic carbocycles. The van der Waals surface area contributed by atoms with Gasteiger partial charge in [-0.05, 0) is 25.7 Å². The van der Waals surface area contributed by atoms with Gasteiger partial charge in [-0.1, -0.05) is 6.92 Å². The zero-order valence-electron chi connectivity index (χ0n) is 11.3. The normalized spacial score (nSPS) is 33.0. The summed E-state index contributed by atoms with van der Waals surface area (Å²) < 4.78 is 5.24. The lowest BCUT2D eigenvalue weighted by atomic mass is 10.1. The molecule has 0 aromatic heterocycles. The van der Waals surface area contributed by atoms with Crippen molar-refractivity contribution in [2.45, 2.75) is 32.7 Å². The summed E-state index contributed by atoms with van der Waals surface area (Å²) in [6.45, 7) is 8.31. The molecule has 98 valence electrons. The molecule has 3 unspecified atom stereocenters. The van der Waals surface area contributed by atoms with E-state index >= 15 is 0 Å². The summed E-state index contributed by atoms with van der Waals surface area (Å²) in [5.41, 5.74) is 0. The van der Waals surface area contributed by atoms with Crippen molar-refractivity contribution in [2.24, 2.45) is 16.8 Å². The second-order valence-electron chi connectivity index (χ2n) is 5.32. The number of likely N-dealkylation sites (tertiary alicyclic amines) is 1. The van der Waals surface area contributed by atoms with Gasteiger partial charge in [-0.2, -0.15) is 0 Å². The van der Waals surface area contributed by atoms with Crippen molar-refractivity contribution in [3.63, 3.8) is 0 Å². The van der Waals surface area contributed by atoms with E-state index in [-0.39, 0.29) is 0 Å². The molecule has 4 heteroatoms. The Balaban J connectivity index is 1.86. The number of hydrogen-bond donors (Lipinski definition) is 1. The molecule has 4 nitrogen and oxygen atoms in total. The van der Waals surface area contributed by atoms with Gasteiger partial charge in [0.15, 0.2) is 5.96 Å². The topological polar surface area (TPSA) is 36.9 Å². The van der Waals surface area contributed by atoms with Crippen LogP contribution in [0.2, 0.25) is 0 Å². The van der Waals surface area contributed by atoms with E-state index in [9.17, 15) is 0 Å². The Morgan fingerprint density at radius 1 is 1.53 bits per heavy atom. The predicted octanol–water partition coefficient (Wildman–Crippen LogP) is 1.33. The van der Waals surface area contributed by atoms with E-state index in [1.807, 2.05) is 0 Å². The second kappa shape index (κ2) is 5.71. The summed E-state index contributed by atoms with van der Waals surface area (Å²) in [6, 6.07) is 0.654. The van der Waals surface area contributed by atoms with Crippen LogP contribution in [-0.2, 0) is 4.74 Å². The first-order valence-corrected chi connectivity index (χ1v) is 6.79. The highest BCUT2D eigenvalue weighted by molar-refractivity contribution is 5.81. The molecule has 1 aliphatic carbocycles. The maximum atomic E-state index is 5.24. The number of nitrogens with zero attached hydrogens (tertiary/aromatic N) is 2. The molecule has 17 heavy (non-hydrogen) atoms. The van der Waals surface area contributed by atoms with Gasteiger partial charge in [-0.25, -0.2) is 0 Å². The van der Waals surface area contributed by atoms with E-state index < -0.39 is 0 Å². The van der Waals surface area contributed by atoms with Crippen LogP contribution >= 0.6 is 0 Å². The summed E-state index contributed by atoms with van der Waals surface area (Å²) >= 11 is 0. The molecule has 2 fully saturated rings.